The number of nitrogens with one attached hydrogen (secondary N) is 2. The minimum atomic E-state index is -0.298. The van der Waals surface area contributed by atoms with Crippen LogP contribution in [0.25, 0.3) is 0 Å². The van der Waals surface area contributed by atoms with Crippen LogP contribution in [-0.2, 0) is 9.53 Å². The van der Waals surface area contributed by atoms with Crippen molar-refractivity contribution in [2.24, 2.45) is 4.99 Å². The normalized spacial score (nSPS) is 15.6. The summed E-state index contributed by atoms with van der Waals surface area (Å²) < 4.78 is 5.41. The number of nitrogens with zero attached hydrogens (tertiary/aromatic N) is 3. The van der Waals surface area contributed by atoms with Gasteiger partial charge in [-0.3, -0.25) is 4.79 Å². The Balaban J connectivity index is 1.83. The van der Waals surface area contributed by atoms with E-state index in [9.17, 15) is 4.79 Å². The number of para-hydroxylation sites is 1. The molecule has 7 nitrogen and oxygen atoms in total. The third-order valence-electron chi connectivity index (χ3n) is 4.70. The molecule has 1 heterocycles. The monoisotopic (exact) mass is 375 g/mol. The fraction of sp³-hybridized carbons (Fsp3) is 0.600. The van der Waals surface area contributed by atoms with E-state index in [1.165, 1.54) is 5.69 Å². The zero-order valence-corrected chi connectivity index (χ0v) is 17.0. The second-order valence-electron chi connectivity index (χ2n) is 7.22. The Bertz CT molecular complexity index is 610. The van der Waals surface area contributed by atoms with Crippen molar-refractivity contribution in [1.82, 2.24) is 15.5 Å². The van der Waals surface area contributed by atoms with Crippen LogP contribution in [0.4, 0.5) is 5.69 Å². The average Bonchev–Trinajstić information content (AvgIpc) is 2.70. The SMILES string of the molecule is CCNC(=NCC(=O)N1CCN(c2ccccc2)CC1)NCC(C)(C)OC. The van der Waals surface area contributed by atoms with E-state index in [-0.39, 0.29) is 18.1 Å². The van der Waals surface area contributed by atoms with Crippen LogP contribution in [0.15, 0.2) is 35.3 Å². The first-order chi connectivity index (χ1) is 12.9. The Kier molecular flexibility index (Phi) is 7.91. The minimum absolute atomic E-state index is 0.0610. The number of methoxy groups -OCH3 is 1. The molecule has 0 bridgehead atoms. The summed E-state index contributed by atoms with van der Waals surface area (Å²) in [5.74, 6) is 0.699. The van der Waals surface area contributed by atoms with Gasteiger partial charge in [-0.15, -0.1) is 0 Å². The average molecular weight is 376 g/mol. The zero-order valence-electron chi connectivity index (χ0n) is 17.0. The van der Waals surface area contributed by atoms with Gasteiger partial charge in [-0.2, -0.15) is 0 Å². The first-order valence-corrected chi connectivity index (χ1v) is 9.60. The van der Waals surface area contributed by atoms with Crippen molar-refractivity contribution in [3.05, 3.63) is 30.3 Å². The van der Waals surface area contributed by atoms with E-state index in [0.29, 0.717) is 12.5 Å². The number of rotatable bonds is 7. The summed E-state index contributed by atoms with van der Waals surface area (Å²) in [5, 5.41) is 6.40. The van der Waals surface area contributed by atoms with E-state index in [4.69, 9.17) is 4.74 Å². The third kappa shape index (κ3) is 6.75. The molecule has 0 aliphatic carbocycles. The van der Waals surface area contributed by atoms with Crippen LogP contribution < -0.4 is 15.5 Å². The van der Waals surface area contributed by atoms with Crippen molar-refractivity contribution in [1.29, 1.82) is 0 Å². The maximum absolute atomic E-state index is 12.5. The van der Waals surface area contributed by atoms with E-state index < -0.39 is 0 Å². The number of benzene rings is 1. The number of guanidine groups is 1. The van der Waals surface area contributed by atoms with Crippen LogP contribution in [-0.4, -0.2) is 75.3 Å². The Morgan fingerprint density at radius 1 is 1.15 bits per heavy atom. The molecule has 27 heavy (non-hydrogen) atoms. The highest BCUT2D eigenvalue weighted by Gasteiger charge is 2.21. The van der Waals surface area contributed by atoms with E-state index in [1.54, 1.807) is 7.11 Å². The molecule has 0 unspecified atom stereocenters. The largest absolute Gasteiger partial charge is 0.377 e. The summed E-state index contributed by atoms with van der Waals surface area (Å²) in [4.78, 5) is 21.2. The predicted octanol–water partition coefficient (Wildman–Crippen LogP) is 1.32. The summed E-state index contributed by atoms with van der Waals surface area (Å²) in [6, 6.07) is 10.3. The number of carbonyl (C=O) groups excluding carboxylic acids is 1. The van der Waals surface area contributed by atoms with Gasteiger partial charge in [0.1, 0.15) is 6.54 Å². The van der Waals surface area contributed by atoms with Crippen LogP contribution in [0.3, 0.4) is 0 Å². The fourth-order valence-corrected chi connectivity index (χ4v) is 2.81. The molecule has 1 aliphatic rings. The Hall–Kier alpha value is -2.28. The van der Waals surface area contributed by atoms with Crippen LogP contribution >= 0.6 is 0 Å². The number of amides is 1. The van der Waals surface area contributed by atoms with E-state index in [2.05, 4.69) is 32.7 Å². The maximum Gasteiger partial charge on any atom is 0.244 e. The molecule has 0 aromatic heterocycles. The lowest BCUT2D eigenvalue weighted by atomic mass is 10.1. The summed E-state index contributed by atoms with van der Waals surface area (Å²) in [6.07, 6.45) is 0. The third-order valence-corrected chi connectivity index (χ3v) is 4.70. The number of carbonyl (C=O) groups is 1. The smallest absolute Gasteiger partial charge is 0.244 e. The Labute approximate surface area is 162 Å². The zero-order chi connectivity index (χ0) is 19.7. The molecule has 2 N–H and O–H groups in total. The summed E-state index contributed by atoms with van der Waals surface area (Å²) in [7, 11) is 1.68. The van der Waals surface area contributed by atoms with Crippen molar-refractivity contribution < 1.29 is 9.53 Å². The van der Waals surface area contributed by atoms with Crippen molar-refractivity contribution in [3.63, 3.8) is 0 Å². The number of ether oxygens (including phenoxy) is 1. The quantitative estimate of drug-likeness (QED) is 0.556. The summed E-state index contributed by atoms with van der Waals surface area (Å²) in [5.41, 5.74) is 0.913. The molecular weight excluding hydrogens is 342 g/mol. The van der Waals surface area contributed by atoms with Crippen LogP contribution in [0, 0.1) is 0 Å². The lowest BCUT2D eigenvalue weighted by molar-refractivity contribution is -0.129. The molecule has 1 aliphatic heterocycles. The summed E-state index contributed by atoms with van der Waals surface area (Å²) in [6.45, 7) is 10.6. The summed E-state index contributed by atoms with van der Waals surface area (Å²) >= 11 is 0. The van der Waals surface area contributed by atoms with Crippen molar-refractivity contribution in [3.8, 4) is 0 Å². The van der Waals surface area contributed by atoms with Crippen molar-refractivity contribution in [2.75, 3.05) is 57.8 Å². The standard InChI is InChI=1S/C20H33N5O2/c1-5-21-19(23-16-20(2,3)27-4)22-15-18(26)25-13-11-24(12-14-25)17-9-7-6-8-10-17/h6-10H,5,11-16H2,1-4H3,(H2,21,22,23). The van der Waals surface area contributed by atoms with Gasteiger partial charge in [0.05, 0.1) is 5.60 Å². The highest BCUT2D eigenvalue weighted by atomic mass is 16.5. The molecule has 1 aromatic rings. The molecule has 1 amide bonds. The lowest BCUT2D eigenvalue weighted by Gasteiger charge is -2.36. The lowest BCUT2D eigenvalue weighted by Crippen LogP contribution is -2.50. The van der Waals surface area contributed by atoms with E-state index >= 15 is 0 Å². The van der Waals surface area contributed by atoms with Crippen molar-refractivity contribution >= 4 is 17.6 Å². The van der Waals surface area contributed by atoms with Crippen molar-refractivity contribution in [2.45, 2.75) is 26.4 Å². The molecule has 0 atom stereocenters. The number of aliphatic imine (C=N–C) groups is 1. The molecule has 0 spiro atoms. The van der Waals surface area contributed by atoms with Gasteiger partial charge < -0.3 is 25.2 Å². The van der Waals surface area contributed by atoms with E-state index in [0.717, 1.165) is 32.7 Å². The molecular formula is C20H33N5O2. The first-order valence-electron chi connectivity index (χ1n) is 9.60. The highest BCUT2D eigenvalue weighted by Crippen LogP contribution is 2.15. The highest BCUT2D eigenvalue weighted by molar-refractivity contribution is 5.85. The maximum atomic E-state index is 12.5. The van der Waals surface area contributed by atoms with Gasteiger partial charge in [-0.05, 0) is 32.9 Å². The first kappa shape index (κ1) is 21.0. The van der Waals surface area contributed by atoms with Gasteiger partial charge in [-0.25, -0.2) is 4.99 Å². The van der Waals surface area contributed by atoms with Gasteiger partial charge in [0.15, 0.2) is 5.96 Å². The van der Waals surface area contributed by atoms with E-state index in [1.807, 2.05) is 43.9 Å². The molecule has 0 saturated carbocycles. The van der Waals surface area contributed by atoms with Crippen LogP contribution in [0.2, 0.25) is 0 Å². The van der Waals surface area contributed by atoms with Gasteiger partial charge in [0, 0.05) is 52.1 Å². The molecule has 1 saturated heterocycles. The molecule has 1 aromatic carbocycles. The minimum Gasteiger partial charge on any atom is -0.377 e. The predicted molar refractivity (Wildman–Crippen MR) is 110 cm³/mol. The number of piperazine rings is 1. The molecule has 150 valence electrons. The Morgan fingerprint density at radius 2 is 1.81 bits per heavy atom. The Morgan fingerprint density at radius 3 is 2.41 bits per heavy atom. The fourth-order valence-electron chi connectivity index (χ4n) is 2.81. The van der Waals surface area contributed by atoms with Crippen LogP contribution in [0.5, 0.6) is 0 Å². The second-order valence-corrected chi connectivity index (χ2v) is 7.22. The van der Waals surface area contributed by atoms with Crippen LogP contribution in [0.1, 0.15) is 20.8 Å². The van der Waals surface area contributed by atoms with Gasteiger partial charge in [0.25, 0.3) is 0 Å². The van der Waals surface area contributed by atoms with Gasteiger partial charge in [-0.1, -0.05) is 18.2 Å². The number of hydrogen-bond donors (Lipinski definition) is 2. The number of hydrogen-bond acceptors (Lipinski definition) is 4. The second kappa shape index (κ2) is 10.2. The van der Waals surface area contributed by atoms with Gasteiger partial charge in [0.2, 0.25) is 5.91 Å². The topological polar surface area (TPSA) is 69.2 Å². The molecule has 2 rings (SSSR count). The molecule has 0 radical (unpaired) electrons. The molecule has 7 heteroatoms. The van der Waals surface area contributed by atoms with Gasteiger partial charge >= 0.3 is 0 Å². The number of anilines is 1. The molecule has 1 fully saturated rings.